The van der Waals surface area contributed by atoms with Gasteiger partial charge < -0.3 is 5.73 Å². The molecule has 1 aromatic heterocycles. The lowest BCUT2D eigenvalue weighted by Gasteiger charge is -2.17. The molecule has 0 amide bonds. The van der Waals surface area contributed by atoms with Gasteiger partial charge in [-0.1, -0.05) is 0 Å². The van der Waals surface area contributed by atoms with Gasteiger partial charge in [0.25, 0.3) is 0 Å². The molecule has 1 atom stereocenters. The largest absolute Gasteiger partial charge is 0.325 e. The number of aryl methyl sites for hydroxylation is 2. The summed E-state index contributed by atoms with van der Waals surface area (Å²) in [6.07, 6.45) is 2.55. The highest BCUT2D eigenvalue weighted by atomic mass is 32.2. The molecule has 15 heavy (non-hydrogen) atoms. The van der Waals surface area contributed by atoms with Gasteiger partial charge in [-0.05, 0) is 19.9 Å². The summed E-state index contributed by atoms with van der Waals surface area (Å²) < 4.78 is 13.5. The van der Waals surface area contributed by atoms with Gasteiger partial charge >= 0.3 is 0 Å². The van der Waals surface area contributed by atoms with E-state index in [0.717, 1.165) is 12.1 Å². The summed E-state index contributed by atoms with van der Waals surface area (Å²) in [5.41, 5.74) is 6.56. The molecule has 4 nitrogen and oxygen atoms in total. The zero-order chi connectivity index (χ0) is 11.5. The smallest absolute Gasteiger partial charge is 0.0492 e. The van der Waals surface area contributed by atoms with Crippen LogP contribution >= 0.6 is 0 Å². The van der Waals surface area contributed by atoms with Crippen LogP contribution in [-0.2, 0) is 24.3 Å². The second-order valence-corrected chi connectivity index (χ2v) is 6.05. The van der Waals surface area contributed by atoms with Crippen molar-refractivity contribution in [2.24, 2.45) is 12.8 Å². The van der Waals surface area contributed by atoms with Gasteiger partial charge in [0.1, 0.15) is 0 Å². The summed E-state index contributed by atoms with van der Waals surface area (Å²) in [4.78, 5) is 0. The summed E-state index contributed by atoms with van der Waals surface area (Å²) in [6.45, 7) is 3.80. The SMILES string of the molecule is Cn1nccc1CCS(=O)CC(C)(C)N. The lowest BCUT2D eigenvalue weighted by molar-refractivity contribution is 0.577. The van der Waals surface area contributed by atoms with Crippen LogP contribution < -0.4 is 5.73 Å². The standard InChI is InChI=1S/C10H19N3OS/c1-10(2,11)8-15(14)7-5-9-4-6-12-13(9)3/h4,6H,5,7-8,11H2,1-3H3. The van der Waals surface area contributed by atoms with Gasteiger partial charge in [0.05, 0.1) is 0 Å². The van der Waals surface area contributed by atoms with Crippen LogP contribution in [0.2, 0.25) is 0 Å². The highest BCUT2D eigenvalue weighted by Gasteiger charge is 2.15. The van der Waals surface area contributed by atoms with E-state index in [1.165, 1.54) is 0 Å². The maximum Gasteiger partial charge on any atom is 0.0492 e. The molecule has 86 valence electrons. The van der Waals surface area contributed by atoms with E-state index in [0.29, 0.717) is 11.5 Å². The van der Waals surface area contributed by atoms with E-state index < -0.39 is 10.8 Å². The third-order valence-corrected chi connectivity index (χ3v) is 3.77. The average Bonchev–Trinajstić information content (AvgIpc) is 2.44. The molecule has 0 fully saturated rings. The summed E-state index contributed by atoms with van der Waals surface area (Å²) >= 11 is 0. The Bertz CT molecular complexity index is 341. The number of aromatic nitrogens is 2. The van der Waals surface area contributed by atoms with E-state index in [2.05, 4.69) is 5.10 Å². The molecular formula is C10H19N3OS. The van der Waals surface area contributed by atoms with Gasteiger partial charge in [0, 0.05) is 53.2 Å². The van der Waals surface area contributed by atoms with Gasteiger partial charge in [0.15, 0.2) is 0 Å². The normalized spacial score (nSPS) is 14.1. The maximum atomic E-state index is 11.7. The summed E-state index contributed by atoms with van der Waals surface area (Å²) in [5, 5.41) is 4.06. The molecule has 0 spiro atoms. The molecule has 0 bridgehead atoms. The van der Waals surface area contributed by atoms with Gasteiger partial charge in [-0.25, -0.2) is 0 Å². The molecule has 0 aliphatic heterocycles. The fourth-order valence-corrected chi connectivity index (χ4v) is 2.76. The number of hydrogen-bond acceptors (Lipinski definition) is 3. The highest BCUT2D eigenvalue weighted by molar-refractivity contribution is 7.85. The zero-order valence-corrected chi connectivity index (χ0v) is 10.4. The van der Waals surface area contributed by atoms with Gasteiger partial charge in [0.2, 0.25) is 0 Å². The van der Waals surface area contributed by atoms with Gasteiger partial charge in [-0.3, -0.25) is 8.89 Å². The first-order valence-electron chi connectivity index (χ1n) is 4.99. The summed E-state index contributed by atoms with van der Waals surface area (Å²) in [7, 11) is 1.05. The molecule has 0 saturated carbocycles. The molecular weight excluding hydrogens is 210 g/mol. The Hall–Kier alpha value is -0.680. The van der Waals surface area contributed by atoms with Crippen LogP contribution in [0.5, 0.6) is 0 Å². The van der Waals surface area contributed by atoms with Crippen molar-refractivity contribution in [1.29, 1.82) is 0 Å². The topological polar surface area (TPSA) is 60.9 Å². The molecule has 0 radical (unpaired) electrons. The molecule has 1 aromatic rings. The quantitative estimate of drug-likeness (QED) is 0.797. The molecule has 1 unspecified atom stereocenters. The van der Waals surface area contributed by atoms with Crippen LogP contribution in [0.1, 0.15) is 19.5 Å². The molecule has 2 N–H and O–H groups in total. The minimum atomic E-state index is -0.848. The highest BCUT2D eigenvalue weighted by Crippen LogP contribution is 2.03. The van der Waals surface area contributed by atoms with Gasteiger partial charge in [-0.2, -0.15) is 5.10 Å². The summed E-state index contributed by atoms with van der Waals surface area (Å²) in [5.74, 6) is 1.20. The first kappa shape index (κ1) is 12.4. The Kier molecular flexibility index (Phi) is 4.04. The van der Waals surface area contributed by atoms with E-state index in [1.807, 2.05) is 31.6 Å². The summed E-state index contributed by atoms with van der Waals surface area (Å²) in [6, 6.07) is 1.95. The maximum absolute atomic E-state index is 11.7. The van der Waals surface area contributed by atoms with E-state index in [4.69, 9.17) is 5.73 Å². The van der Waals surface area contributed by atoms with Crippen LogP contribution in [0.15, 0.2) is 12.3 Å². The first-order chi connectivity index (χ1) is 6.88. The molecule has 0 aliphatic carbocycles. The van der Waals surface area contributed by atoms with Crippen molar-refractivity contribution in [1.82, 2.24) is 9.78 Å². The molecule has 5 heteroatoms. The predicted molar refractivity (Wildman–Crippen MR) is 63.1 cm³/mol. The third kappa shape index (κ3) is 4.57. The molecule has 1 heterocycles. The Balaban J connectivity index is 2.38. The molecule has 0 aliphatic rings. The van der Waals surface area contributed by atoms with Crippen molar-refractivity contribution in [3.05, 3.63) is 18.0 Å². The minimum absolute atomic E-state index is 0.350. The van der Waals surface area contributed by atoms with Crippen molar-refractivity contribution in [2.75, 3.05) is 11.5 Å². The Morgan fingerprint density at radius 2 is 2.27 bits per heavy atom. The van der Waals surface area contributed by atoms with Crippen molar-refractivity contribution in [2.45, 2.75) is 25.8 Å². The Labute approximate surface area is 93.3 Å². The van der Waals surface area contributed by atoms with Crippen molar-refractivity contribution in [3.8, 4) is 0 Å². The van der Waals surface area contributed by atoms with Crippen molar-refractivity contribution in [3.63, 3.8) is 0 Å². The van der Waals surface area contributed by atoms with Gasteiger partial charge in [-0.15, -0.1) is 0 Å². The molecule has 1 rings (SSSR count). The van der Waals surface area contributed by atoms with Crippen molar-refractivity contribution < 1.29 is 4.21 Å². The monoisotopic (exact) mass is 229 g/mol. The van der Waals surface area contributed by atoms with Crippen LogP contribution in [0, 0.1) is 0 Å². The van der Waals surface area contributed by atoms with E-state index in [-0.39, 0.29) is 5.54 Å². The first-order valence-corrected chi connectivity index (χ1v) is 6.48. The van der Waals surface area contributed by atoms with E-state index >= 15 is 0 Å². The van der Waals surface area contributed by atoms with Crippen LogP contribution in [-0.4, -0.2) is 31.0 Å². The lowest BCUT2D eigenvalue weighted by atomic mass is 10.1. The average molecular weight is 229 g/mol. The third-order valence-electron chi connectivity index (χ3n) is 2.04. The Morgan fingerprint density at radius 3 is 2.73 bits per heavy atom. The zero-order valence-electron chi connectivity index (χ0n) is 9.56. The fraction of sp³-hybridized carbons (Fsp3) is 0.700. The van der Waals surface area contributed by atoms with Crippen molar-refractivity contribution >= 4 is 10.8 Å². The molecule has 0 saturated heterocycles. The minimum Gasteiger partial charge on any atom is -0.325 e. The van der Waals surface area contributed by atoms with E-state index in [9.17, 15) is 4.21 Å². The second kappa shape index (κ2) is 4.90. The number of hydrogen-bond donors (Lipinski definition) is 1. The van der Waals surface area contributed by atoms with Crippen LogP contribution in [0.3, 0.4) is 0 Å². The van der Waals surface area contributed by atoms with Crippen LogP contribution in [0.4, 0.5) is 0 Å². The molecule has 0 aromatic carbocycles. The number of nitrogens with zero attached hydrogens (tertiary/aromatic N) is 2. The van der Waals surface area contributed by atoms with E-state index in [1.54, 1.807) is 6.20 Å². The second-order valence-electron chi connectivity index (χ2n) is 4.47. The van der Waals surface area contributed by atoms with Crippen LogP contribution in [0.25, 0.3) is 0 Å². The number of nitrogens with two attached hydrogens (primary N) is 1. The Morgan fingerprint density at radius 1 is 1.60 bits per heavy atom. The fourth-order valence-electron chi connectivity index (χ4n) is 1.35. The predicted octanol–water partition coefficient (Wildman–Crippen LogP) is 0.449. The number of rotatable bonds is 5. The lowest BCUT2D eigenvalue weighted by Crippen LogP contribution is -2.38.